The molecule has 7 heteroatoms. The van der Waals surface area contributed by atoms with Crippen LogP contribution in [0.4, 0.5) is 5.69 Å². The molecule has 1 aromatic carbocycles. The minimum absolute atomic E-state index is 0.254. The van der Waals surface area contributed by atoms with E-state index in [0.717, 1.165) is 21.7 Å². The second-order valence-electron chi connectivity index (χ2n) is 5.39. The van der Waals surface area contributed by atoms with Crippen molar-refractivity contribution in [2.45, 2.75) is 19.9 Å². The van der Waals surface area contributed by atoms with Crippen molar-refractivity contribution in [3.8, 4) is 0 Å². The largest absolute Gasteiger partial charge is 0.350 e. The minimum atomic E-state index is -3.57. The first kappa shape index (κ1) is 17.9. The quantitative estimate of drug-likeness (QED) is 0.827. The second-order valence-corrected chi connectivity index (χ2v) is 7.30. The van der Waals surface area contributed by atoms with Gasteiger partial charge < -0.3 is 5.32 Å². The molecule has 6 nitrogen and oxygen atoms in total. The number of benzene rings is 1. The first-order chi connectivity index (χ1) is 11.4. The number of aryl methyl sites for hydroxylation is 1. The lowest BCUT2D eigenvalue weighted by Gasteiger charge is -2.24. The summed E-state index contributed by atoms with van der Waals surface area (Å²) in [4.78, 5) is 16.2. The van der Waals surface area contributed by atoms with Gasteiger partial charge in [0.25, 0.3) is 0 Å². The Morgan fingerprint density at radius 2 is 1.96 bits per heavy atom. The number of carbonyl (C=O) groups excluding carboxylic acids is 1. The lowest BCUT2D eigenvalue weighted by atomic mass is 10.1. The Bertz CT molecular complexity index is 792. The van der Waals surface area contributed by atoms with Crippen molar-refractivity contribution in [3.63, 3.8) is 0 Å². The summed E-state index contributed by atoms with van der Waals surface area (Å²) in [6, 6.07) is 10.8. The number of aromatic nitrogens is 1. The molecule has 0 aliphatic heterocycles. The number of para-hydroxylation sites is 1. The third-order valence-electron chi connectivity index (χ3n) is 3.54. The van der Waals surface area contributed by atoms with Gasteiger partial charge in [-0.3, -0.25) is 14.1 Å². The van der Waals surface area contributed by atoms with Gasteiger partial charge in [0, 0.05) is 18.9 Å². The molecule has 0 bridgehead atoms. The average Bonchev–Trinajstić information content (AvgIpc) is 2.58. The first-order valence-corrected chi connectivity index (χ1v) is 9.48. The molecule has 0 aliphatic rings. The van der Waals surface area contributed by atoms with Crippen molar-refractivity contribution >= 4 is 21.6 Å². The van der Waals surface area contributed by atoms with Gasteiger partial charge >= 0.3 is 0 Å². The van der Waals surface area contributed by atoms with E-state index in [1.807, 2.05) is 25.1 Å². The van der Waals surface area contributed by atoms with Crippen LogP contribution >= 0.6 is 0 Å². The summed E-state index contributed by atoms with van der Waals surface area (Å²) < 4.78 is 25.4. The van der Waals surface area contributed by atoms with Crippen LogP contribution in [0.25, 0.3) is 0 Å². The number of hydrogen-bond donors (Lipinski definition) is 1. The molecule has 0 spiro atoms. The predicted octanol–water partition coefficient (Wildman–Crippen LogP) is 1.73. The van der Waals surface area contributed by atoms with Crippen LogP contribution in [0.3, 0.4) is 0 Å². The van der Waals surface area contributed by atoms with Gasteiger partial charge in [-0.2, -0.15) is 0 Å². The van der Waals surface area contributed by atoms with Gasteiger partial charge in [0.1, 0.15) is 6.54 Å². The Labute approximate surface area is 142 Å². The summed E-state index contributed by atoms with van der Waals surface area (Å²) in [6.45, 7) is 2.00. The van der Waals surface area contributed by atoms with E-state index < -0.39 is 10.0 Å². The maximum absolute atomic E-state index is 12.2. The molecule has 0 radical (unpaired) electrons. The Hall–Kier alpha value is -2.41. The van der Waals surface area contributed by atoms with E-state index in [1.165, 1.54) is 0 Å². The number of pyridine rings is 1. The summed E-state index contributed by atoms with van der Waals surface area (Å²) >= 11 is 0. The van der Waals surface area contributed by atoms with Gasteiger partial charge in [0.2, 0.25) is 15.9 Å². The zero-order valence-corrected chi connectivity index (χ0v) is 14.6. The van der Waals surface area contributed by atoms with Crippen LogP contribution in [0, 0.1) is 0 Å². The fourth-order valence-electron chi connectivity index (χ4n) is 2.32. The average molecular weight is 347 g/mol. The molecular weight excluding hydrogens is 326 g/mol. The van der Waals surface area contributed by atoms with Gasteiger partial charge in [-0.05, 0) is 29.7 Å². The minimum Gasteiger partial charge on any atom is -0.350 e. The van der Waals surface area contributed by atoms with Gasteiger partial charge in [-0.1, -0.05) is 31.2 Å². The zero-order valence-electron chi connectivity index (χ0n) is 13.8. The monoisotopic (exact) mass is 347 g/mol. The van der Waals surface area contributed by atoms with Crippen LogP contribution in [0.15, 0.2) is 48.8 Å². The van der Waals surface area contributed by atoms with E-state index in [4.69, 9.17) is 0 Å². The number of sulfonamides is 1. The Morgan fingerprint density at radius 1 is 1.21 bits per heavy atom. The molecule has 0 saturated heterocycles. The van der Waals surface area contributed by atoms with Crippen molar-refractivity contribution in [1.82, 2.24) is 10.3 Å². The third kappa shape index (κ3) is 4.79. The van der Waals surface area contributed by atoms with Crippen molar-refractivity contribution in [2.75, 3.05) is 17.1 Å². The van der Waals surface area contributed by atoms with E-state index >= 15 is 0 Å². The van der Waals surface area contributed by atoms with Crippen molar-refractivity contribution in [3.05, 3.63) is 59.9 Å². The third-order valence-corrected chi connectivity index (χ3v) is 4.67. The topological polar surface area (TPSA) is 79.4 Å². The molecule has 2 rings (SSSR count). The molecule has 0 unspecified atom stereocenters. The van der Waals surface area contributed by atoms with Gasteiger partial charge in [0.05, 0.1) is 11.9 Å². The fraction of sp³-hybridized carbons (Fsp3) is 0.294. The molecule has 1 amide bonds. The van der Waals surface area contributed by atoms with Crippen LogP contribution in [-0.4, -0.2) is 32.1 Å². The first-order valence-electron chi connectivity index (χ1n) is 7.63. The smallest absolute Gasteiger partial charge is 0.241 e. The van der Waals surface area contributed by atoms with Crippen LogP contribution in [0.2, 0.25) is 0 Å². The van der Waals surface area contributed by atoms with Crippen LogP contribution < -0.4 is 9.62 Å². The molecule has 1 N–H and O–H groups in total. The standard InChI is InChI=1S/C17H21N3O3S/c1-3-15-8-4-5-9-16(15)20(24(2,22)23)13-17(21)19-12-14-7-6-10-18-11-14/h4-11H,3,12-13H2,1-2H3,(H,19,21). The number of amides is 1. The number of nitrogens with one attached hydrogen (secondary N) is 1. The van der Waals surface area contributed by atoms with E-state index in [-0.39, 0.29) is 12.5 Å². The lowest BCUT2D eigenvalue weighted by Crippen LogP contribution is -2.40. The van der Waals surface area contributed by atoms with Crippen LogP contribution in [-0.2, 0) is 27.8 Å². The molecule has 0 fully saturated rings. The van der Waals surface area contributed by atoms with Crippen molar-refractivity contribution < 1.29 is 13.2 Å². The Kier molecular flexibility index (Phi) is 5.92. The van der Waals surface area contributed by atoms with Gasteiger partial charge in [-0.25, -0.2) is 8.42 Å². The van der Waals surface area contributed by atoms with Gasteiger partial charge in [0.15, 0.2) is 0 Å². The molecule has 1 aromatic heterocycles. The van der Waals surface area contributed by atoms with Gasteiger partial charge in [-0.15, -0.1) is 0 Å². The molecule has 0 atom stereocenters. The number of rotatable bonds is 7. The number of anilines is 1. The van der Waals surface area contributed by atoms with Crippen LogP contribution in [0.5, 0.6) is 0 Å². The molecule has 0 saturated carbocycles. The Balaban J connectivity index is 2.13. The highest BCUT2D eigenvalue weighted by atomic mass is 32.2. The number of nitrogens with zero attached hydrogens (tertiary/aromatic N) is 2. The summed E-state index contributed by atoms with van der Waals surface area (Å²) in [5.41, 5.74) is 2.27. The maximum atomic E-state index is 12.2. The van der Waals surface area contributed by atoms with E-state index in [0.29, 0.717) is 18.7 Å². The molecular formula is C17H21N3O3S. The highest BCUT2D eigenvalue weighted by Gasteiger charge is 2.22. The number of carbonyl (C=O) groups is 1. The molecule has 24 heavy (non-hydrogen) atoms. The molecule has 128 valence electrons. The maximum Gasteiger partial charge on any atom is 0.241 e. The predicted molar refractivity (Wildman–Crippen MR) is 94.1 cm³/mol. The normalized spacial score (nSPS) is 11.1. The zero-order chi connectivity index (χ0) is 17.6. The highest BCUT2D eigenvalue weighted by molar-refractivity contribution is 7.92. The van der Waals surface area contributed by atoms with Crippen molar-refractivity contribution in [1.29, 1.82) is 0 Å². The molecule has 0 aliphatic carbocycles. The summed E-state index contributed by atoms with van der Waals surface area (Å²) in [5, 5.41) is 2.72. The Morgan fingerprint density at radius 3 is 2.58 bits per heavy atom. The second kappa shape index (κ2) is 7.92. The highest BCUT2D eigenvalue weighted by Crippen LogP contribution is 2.23. The van der Waals surface area contributed by atoms with Crippen molar-refractivity contribution in [2.24, 2.45) is 0 Å². The summed E-state index contributed by atoms with van der Waals surface area (Å²) in [5.74, 6) is -0.366. The summed E-state index contributed by atoms with van der Waals surface area (Å²) in [6.07, 6.45) is 5.09. The number of hydrogen-bond acceptors (Lipinski definition) is 4. The SMILES string of the molecule is CCc1ccccc1N(CC(=O)NCc1cccnc1)S(C)(=O)=O. The molecule has 1 heterocycles. The molecule has 2 aromatic rings. The van der Waals surface area contributed by atoms with E-state index in [9.17, 15) is 13.2 Å². The lowest BCUT2D eigenvalue weighted by molar-refractivity contribution is -0.119. The fourth-order valence-corrected chi connectivity index (χ4v) is 3.21. The summed E-state index contributed by atoms with van der Waals surface area (Å²) in [7, 11) is -3.57. The van der Waals surface area contributed by atoms with Crippen LogP contribution in [0.1, 0.15) is 18.1 Å². The van der Waals surface area contributed by atoms with E-state index in [2.05, 4.69) is 10.3 Å². The van der Waals surface area contributed by atoms with E-state index in [1.54, 1.807) is 30.6 Å².